The molecule has 0 atom stereocenters. The lowest BCUT2D eigenvalue weighted by atomic mass is 10.1. The Kier molecular flexibility index (Phi) is 6.82. The first kappa shape index (κ1) is 22.3. The quantitative estimate of drug-likeness (QED) is 0.232. The number of carbonyl (C=O) groups is 1. The summed E-state index contributed by atoms with van der Waals surface area (Å²) in [5.74, 6) is -0.613. The van der Waals surface area contributed by atoms with Gasteiger partial charge in [0, 0.05) is 4.47 Å². The Balaban J connectivity index is 1.44. The lowest BCUT2D eigenvalue weighted by Gasteiger charge is -2.09. The number of fused-ring (bicyclic) bond motifs is 1. The van der Waals surface area contributed by atoms with Crippen LogP contribution in [0.3, 0.4) is 0 Å². The number of hydrogen-bond acceptors (Lipinski definition) is 3. The molecule has 0 aliphatic rings. The molecule has 0 saturated carbocycles. The molecule has 162 valence electrons. The lowest BCUT2D eigenvalue weighted by Crippen LogP contribution is -2.14. The first-order valence-electron chi connectivity index (χ1n) is 10.1. The molecule has 4 rings (SSSR count). The fraction of sp³-hybridized carbons (Fsp3) is 0.0370. The van der Waals surface area contributed by atoms with Gasteiger partial charge in [0.2, 0.25) is 0 Å². The number of halogens is 2. The zero-order chi connectivity index (χ0) is 23.2. The van der Waals surface area contributed by atoms with Crippen molar-refractivity contribution in [1.29, 1.82) is 5.26 Å². The second-order valence-corrected chi connectivity index (χ2v) is 8.16. The van der Waals surface area contributed by atoms with Gasteiger partial charge in [0.1, 0.15) is 29.8 Å². The van der Waals surface area contributed by atoms with E-state index in [2.05, 4.69) is 39.4 Å². The maximum absolute atomic E-state index is 14.0. The van der Waals surface area contributed by atoms with Crippen LogP contribution in [0.5, 0.6) is 5.75 Å². The fourth-order valence-electron chi connectivity index (χ4n) is 3.34. The second-order valence-electron chi connectivity index (χ2n) is 7.24. The monoisotopic (exact) mass is 500 g/mol. The van der Waals surface area contributed by atoms with Crippen LogP contribution in [0.4, 0.5) is 10.1 Å². The first-order chi connectivity index (χ1) is 16.0. The summed E-state index contributed by atoms with van der Waals surface area (Å²) in [5.41, 5.74) is 1.60. The number of amides is 1. The largest absolute Gasteiger partial charge is 0.489 e. The Morgan fingerprint density at radius 3 is 2.55 bits per heavy atom. The molecule has 0 saturated heterocycles. The molecule has 1 amide bonds. The van der Waals surface area contributed by atoms with Crippen molar-refractivity contribution in [3.05, 3.63) is 112 Å². The van der Waals surface area contributed by atoms with Gasteiger partial charge in [-0.2, -0.15) is 5.26 Å². The molecule has 4 aromatic rings. The average molecular weight is 501 g/mol. The fourth-order valence-corrected chi connectivity index (χ4v) is 3.67. The van der Waals surface area contributed by atoms with E-state index in [0.717, 1.165) is 16.3 Å². The molecule has 0 radical (unpaired) electrons. The molecule has 4 nitrogen and oxygen atoms in total. The Hall–Kier alpha value is -3.95. The normalized spacial score (nSPS) is 11.1. The van der Waals surface area contributed by atoms with Crippen LogP contribution in [0.1, 0.15) is 11.1 Å². The minimum absolute atomic E-state index is 0.00142. The van der Waals surface area contributed by atoms with Gasteiger partial charge in [-0.3, -0.25) is 4.79 Å². The van der Waals surface area contributed by atoms with Crippen molar-refractivity contribution in [1.82, 2.24) is 0 Å². The first-order valence-corrected chi connectivity index (χ1v) is 10.9. The number of ether oxygens (including phenoxy) is 1. The van der Waals surface area contributed by atoms with Gasteiger partial charge in [0.25, 0.3) is 5.91 Å². The number of nitrogens with one attached hydrogen (secondary N) is 1. The maximum Gasteiger partial charge on any atom is 0.266 e. The molecular formula is C27H18BrFN2O2. The molecule has 0 fully saturated rings. The van der Waals surface area contributed by atoms with Crippen LogP contribution >= 0.6 is 15.9 Å². The molecule has 4 aromatic carbocycles. The molecule has 0 aromatic heterocycles. The van der Waals surface area contributed by atoms with Gasteiger partial charge in [-0.05, 0) is 58.3 Å². The SMILES string of the molecule is N#C/C(=C\c1ccc(OCc2cccc3ccccc23)cc1)C(=O)Nc1ccc(Br)cc1F. The molecule has 0 aliphatic carbocycles. The van der Waals surface area contributed by atoms with Gasteiger partial charge in [0.15, 0.2) is 0 Å². The van der Waals surface area contributed by atoms with Gasteiger partial charge >= 0.3 is 0 Å². The van der Waals surface area contributed by atoms with Gasteiger partial charge in [-0.1, -0.05) is 70.5 Å². The highest BCUT2D eigenvalue weighted by Gasteiger charge is 2.12. The van der Waals surface area contributed by atoms with Gasteiger partial charge in [-0.25, -0.2) is 4.39 Å². The Morgan fingerprint density at radius 1 is 1.03 bits per heavy atom. The highest BCUT2D eigenvalue weighted by molar-refractivity contribution is 9.10. The Morgan fingerprint density at radius 2 is 1.79 bits per heavy atom. The Labute approximate surface area is 199 Å². The number of carbonyl (C=O) groups excluding carboxylic acids is 1. The molecular weight excluding hydrogens is 483 g/mol. The summed E-state index contributed by atoms with van der Waals surface area (Å²) in [7, 11) is 0. The molecule has 33 heavy (non-hydrogen) atoms. The van der Waals surface area contributed by atoms with Crippen molar-refractivity contribution in [3.8, 4) is 11.8 Å². The van der Waals surface area contributed by atoms with Crippen molar-refractivity contribution in [2.24, 2.45) is 0 Å². The summed E-state index contributed by atoms with van der Waals surface area (Å²) < 4.78 is 20.4. The minimum Gasteiger partial charge on any atom is -0.489 e. The summed E-state index contributed by atoms with van der Waals surface area (Å²) in [4.78, 5) is 12.4. The van der Waals surface area contributed by atoms with E-state index in [9.17, 15) is 14.4 Å². The van der Waals surface area contributed by atoms with Gasteiger partial charge in [-0.15, -0.1) is 0 Å². The number of nitrogens with zero attached hydrogens (tertiary/aromatic N) is 1. The Bertz CT molecular complexity index is 1390. The van der Waals surface area contributed by atoms with Crippen molar-refractivity contribution in [2.45, 2.75) is 6.61 Å². The van der Waals surface area contributed by atoms with Gasteiger partial charge in [0.05, 0.1) is 5.69 Å². The van der Waals surface area contributed by atoms with E-state index < -0.39 is 11.7 Å². The number of hydrogen-bond donors (Lipinski definition) is 1. The van der Waals surface area contributed by atoms with Crippen molar-refractivity contribution in [3.63, 3.8) is 0 Å². The average Bonchev–Trinajstić information content (AvgIpc) is 2.83. The van der Waals surface area contributed by atoms with Crippen molar-refractivity contribution < 1.29 is 13.9 Å². The standard InChI is InChI=1S/C27H18BrFN2O2/c28-22-10-13-26(25(29)15-22)31-27(32)21(16-30)14-18-8-11-23(12-9-18)33-17-20-6-3-5-19-4-1-2-7-24(19)20/h1-15H,17H2,(H,31,32)/b21-14+. The third-order valence-corrected chi connectivity index (χ3v) is 5.50. The van der Waals surface area contributed by atoms with Crippen molar-refractivity contribution >= 4 is 44.4 Å². The summed E-state index contributed by atoms with van der Waals surface area (Å²) in [6, 6.07) is 27.4. The molecule has 0 bridgehead atoms. The van der Waals surface area contributed by atoms with E-state index in [1.165, 1.54) is 18.2 Å². The van der Waals surface area contributed by atoms with Crippen LogP contribution in [0.2, 0.25) is 0 Å². The van der Waals surface area contributed by atoms with Crippen LogP contribution in [0, 0.1) is 17.1 Å². The molecule has 6 heteroatoms. The molecule has 0 unspecified atom stereocenters. The number of rotatable bonds is 6. The van der Waals surface area contributed by atoms with E-state index in [1.54, 1.807) is 30.3 Å². The summed E-state index contributed by atoms with van der Waals surface area (Å²) in [5, 5.41) is 14.1. The predicted octanol–water partition coefficient (Wildman–Crippen LogP) is 6.87. The molecule has 0 heterocycles. The topological polar surface area (TPSA) is 62.1 Å². The van der Waals surface area contributed by atoms with Crippen LogP contribution in [-0.4, -0.2) is 5.91 Å². The third kappa shape index (κ3) is 5.46. The number of anilines is 1. The van der Waals surface area contributed by atoms with Crippen LogP contribution < -0.4 is 10.1 Å². The molecule has 0 spiro atoms. The third-order valence-electron chi connectivity index (χ3n) is 5.01. The van der Waals surface area contributed by atoms with E-state index in [0.29, 0.717) is 22.4 Å². The van der Waals surface area contributed by atoms with Crippen LogP contribution in [-0.2, 0) is 11.4 Å². The molecule has 1 N–H and O–H groups in total. The maximum atomic E-state index is 14.0. The highest BCUT2D eigenvalue weighted by Crippen LogP contribution is 2.22. The lowest BCUT2D eigenvalue weighted by molar-refractivity contribution is -0.112. The summed E-state index contributed by atoms with van der Waals surface area (Å²) >= 11 is 3.16. The summed E-state index contributed by atoms with van der Waals surface area (Å²) in [6.07, 6.45) is 1.45. The number of benzene rings is 4. The number of nitriles is 1. The summed E-state index contributed by atoms with van der Waals surface area (Å²) in [6.45, 7) is 0.418. The zero-order valence-electron chi connectivity index (χ0n) is 17.4. The zero-order valence-corrected chi connectivity index (χ0v) is 19.0. The smallest absolute Gasteiger partial charge is 0.266 e. The van der Waals surface area contributed by atoms with Gasteiger partial charge < -0.3 is 10.1 Å². The van der Waals surface area contributed by atoms with E-state index >= 15 is 0 Å². The van der Waals surface area contributed by atoms with E-state index in [1.807, 2.05) is 30.3 Å². The second kappa shape index (κ2) is 10.1. The van der Waals surface area contributed by atoms with Crippen molar-refractivity contribution in [2.75, 3.05) is 5.32 Å². The minimum atomic E-state index is -0.685. The van der Waals surface area contributed by atoms with E-state index in [4.69, 9.17) is 4.74 Å². The van der Waals surface area contributed by atoms with E-state index in [-0.39, 0.29) is 11.3 Å². The van der Waals surface area contributed by atoms with Crippen LogP contribution in [0.15, 0.2) is 95.0 Å². The predicted molar refractivity (Wildman–Crippen MR) is 131 cm³/mol. The highest BCUT2D eigenvalue weighted by atomic mass is 79.9. The molecule has 0 aliphatic heterocycles. The van der Waals surface area contributed by atoms with Crippen LogP contribution in [0.25, 0.3) is 16.8 Å².